The molecule has 2 rings (SSSR count). The smallest absolute Gasteiger partial charge is 0.307 e. The second kappa shape index (κ2) is 7.04. The summed E-state index contributed by atoms with van der Waals surface area (Å²) in [6, 6.07) is 0. The normalized spacial score (nSPS) is 17.3. The van der Waals surface area contributed by atoms with E-state index in [1.165, 1.54) is 12.8 Å². The van der Waals surface area contributed by atoms with Crippen LogP contribution in [0.2, 0.25) is 0 Å². The molecule has 1 aromatic rings. The van der Waals surface area contributed by atoms with Crippen LogP contribution in [0.25, 0.3) is 0 Å². The predicted octanol–water partition coefficient (Wildman–Crippen LogP) is 1.28. The molecule has 1 fully saturated rings. The van der Waals surface area contributed by atoms with E-state index < -0.39 is 6.10 Å². The second-order valence-electron chi connectivity index (χ2n) is 5.46. The van der Waals surface area contributed by atoms with Crippen molar-refractivity contribution < 1.29 is 9.90 Å². The van der Waals surface area contributed by atoms with Crippen molar-refractivity contribution >= 4 is 17.2 Å². The molecule has 0 spiro atoms. The van der Waals surface area contributed by atoms with Crippen molar-refractivity contribution in [2.45, 2.75) is 51.7 Å². The van der Waals surface area contributed by atoms with Crippen LogP contribution >= 0.6 is 11.3 Å². The lowest BCUT2D eigenvalue weighted by Gasteiger charge is -2.18. The van der Waals surface area contributed by atoms with Gasteiger partial charge < -0.3 is 15.0 Å². The predicted molar refractivity (Wildman–Crippen MR) is 78.9 cm³/mol. The fraction of sp³-hybridized carbons (Fsp3) is 0.714. The topological polar surface area (TPSA) is 71.3 Å². The van der Waals surface area contributed by atoms with Crippen LogP contribution in [-0.4, -0.2) is 28.2 Å². The molecule has 5 nitrogen and oxygen atoms in total. The molecule has 1 aliphatic rings. The summed E-state index contributed by atoms with van der Waals surface area (Å²) < 4.78 is 1.61. The van der Waals surface area contributed by atoms with Crippen molar-refractivity contribution in [1.82, 2.24) is 9.88 Å². The molecule has 0 saturated heterocycles. The fourth-order valence-corrected chi connectivity index (χ4v) is 3.46. The molecule has 6 heteroatoms. The Morgan fingerprint density at radius 2 is 2.25 bits per heavy atom. The van der Waals surface area contributed by atoms with Crippen LogP contribution in [0.1, 0.15) is 37.8 Å². The molecule has 2 N–H and O–H groups in total. The van der Waals surface area contributed by atoms with Crippen LogP contribution in [0.15, 0.2) is 10.2 Å². The third-order valence-electron chi connectivity index (χ3n) is 3.99. The minimum atomic E-state index is -0.438. The fourth-order valence-electron chi connectivity index (χ4n) is 2.70. The zero-order valence-corrected chi connectivity index (χ0v) is 12.6. The van der Waals surface area contributed by atoms with Crippen molar-refractivity contribution in [3.8, 4) is 0 Å². The molecule has 1 unspecified atom stereocenters. The lowest BCUT2D eigenvalue weighted by atomic mass is 10.0. The number of aliphatic hydroxyl groups is 1. The first-order valence-corrected chi connectivity index (χ1v) is 8.05. The van der Waals surface area contributed by atoms with Crippen molar-refractivity contribution in [3.05, 3.63) is 20.7 Å². The number of amides is 1. The van der Waals surface area contributed by atoms with Crippen molar-refractivity contribution in [2.24, 2.45) is 5.92 Å². The Labute approximate surface area is 122 Å². The SMILES string of the molecule is Cc1csc(=O)n1CCC(=O)NCC(O)C1CCCC1. The summed E-state index contributed by atoms with van der Waals surface area (Å²) in [5, 5.41) is 14.5. The quantitative estimate of drug-likeness (QED) is 0.831. The van der Waals surface area contributed by atoms with E-state index in [-0.39, 0.29) is 17.2 Å². The summed E-state index contributed by atoms with van der Waals surface area (Å²) in [5.41, 5.74) is 0.888. The van der Waals surface area contributed by atoms with E-state index in [1.54, 1.807) is 9.95 Å². The van der Waals surface area contributed by atoms with Gasteiger partial charge in [-0.05, 0) is 25.7 Å². The largest absolute Gasteiger partial charge is 0.391 e. The first-order chi connectivity index (χ1) is 9.58. The van der Waals surface area contributed by atoms with Gasteiger partial charge in [0.25, 0.3) is 0 Å². The van der Waals surface area contributed by atoms with Crippen molar-refractivity contribution in [3.63, 3.8) is 0 Å². The van der Waals surface area contributed by atoms with Gasteiger partial charge in [0, 0.05) is 30.6 Å². The van der Waals surface area contributed by atoms with Crippen LogP contribution in [0, 0.1) is 12.8 Å². The van der Waals surface area contributed by atoms with Crippen LogP contribution in [-0.2, 0) is 11.3 Å². The van der Waals surface area contributed by atoms with Gasteiger partial charge in [-0.25, -0.2) is 0 Å². The molecule has 0 aliphatic heterocycles. The summed E-state index contributed by atoms with van der Waals surface area (Å²) in [6.45, 7) is 2.58. The first kappa shape index (κ1) is 15.3. The van der Waals surface area contributed by atoms with E-state index in [4.69, 9.17) is 0 Å². The highest BCUT2D eigenvalue weighted by atomic mass is 32.1. The zero-order chi connectivity index (χ0) is 14.5. The monoisotopic (exact) mass is 298 g/mol. The Balaban J connectivity index is 1.71. The molecule has 1 atom stereocenters. The number of aryl methyl sites for hydroxylation is 1. The average molecular weight is 298 g/mol. The highest BCUT2D eigenvalue weighted by Crippen LogP contribution is 2.27. The molecule has 1 aromatic heterocycles. The van der Waals surface area contributed by atoms with Gasteiger partial charge >= 0.3 is 4.87 Å². The number of carbonyl (C=O) groups is 1. The summed E-state index contributed by atoms with van der Waals surface area (Å²) in [6.07, 6.45) is 4.30. The molecule has 1 amide bonds. The highest BCUT2D eigenvalue weighted by molar-refractivity contribution is 7.07. The number of hydrogen-bond acceptors (Lipinski definition) is 4. The van der Waals surface area contributed by atoms with Crippen LogP contribution in [0.4, 0.5) is 0 Å². The van der Waals surface area contributed by atoms with Crippen LogP contribution in [0.3, 0.4) is 0 Å². The van der Waals surface area contributed by atoms with Gasteiger partial charge in [0.2, 0.25) is 5.91 Å². The first-order valence-electron chi connectivity index (χ1n) is 7.17. The van der Waals surface area contributed by atoms with Crippen molar-refractivity contribution in [2.75, 3.05) is 6.54 Å². The Morgan fingerprint density at radius 1 is 1.55 bits per heavy atom. The second-order valence-corrected chi connectivity index (χ2v) is 6.28. The van der Waals surface area contributed by atoms with Gasteiger partial charge in [0.05, 0.1) is 6.10 Å². The van der Waals surface area contributed by atoms with Gasteiger partial charge in [0.1, 0.15) is 0 Å². The molecule has 0 radical (unpaired) electrons. The number of nitrogens with one attached hydrogen (secondary N) is 1. The molecule has 1 aliphatic carbocycles. The zero-order valence-electron chi connectivity index (χ0n) is 11.8. The number of aliphatic hydroxyl groups excluding tert-OH is 1. The Bertz CT molecular complexity index is 503. The molecule has 1 saturated carbocycles. The molecule has 0 aromatic carbocycles. The van der Waals surface area contributed by atoms with E-state index in [0.717, 1.165) is 29.9 Å². The maximum absolute atomic E-state index is 11.7. The number of rotatable bonds is 6. The van der Waals surface area contributed by atoms with Crippen LogP contribution < -0.4 is 10.2 Å². The summed E-state index contributed by atoms with van der Waals surface area (Å²) in [7, 11) is 0. The van der Waals surface area contributed by atoms with E-state index in [9.17, 15) is 14.7 Å². The minimum Gasteiger partial charge on any atom is -0.391 e. The van der Waals surface area contributed by atoms with Crippen molar-refractivity contribution in [1.29, 1.82) is 0 Å². The summed E-state index contributed by atoms with van der Waals surface area (Å²) in [5.74, 6) is 0.219. The van der Waals surface area contributed by atoms with E-state index in [0.29, 0.717) is 19.0 Å². The van der Waals surface area contributed by atoms with E-state index >= 15 is 0 Å². The van der Waals surface area contributed by atoms with E-state index in [2.05, 4.69) is 5.32 Å². The van der Waals surface area contributed by atoms with Gasteiger partial charge in [-0.1, -0.05) is 24.2 Å². The number of hydrogen-bond donors (Lipinski definition) is 2. The Hall–Kier alpha value is -1.14. The maximum atomic E-state index is 11.7. The third-order valence-corrected chi connectivity index (χ3v) is 4.87. The Morgan fingerprint density at radius 3 is 2.85 bits per heavy atom. The maximum Gasteiger partial charge on any atom is 0.307 e. The molecule has 112 valence electrons. The summed E-state index contributed by atoms with van der Waals surface area (Å²) in [4.78, 5) is 23.2. The number of carbonyl (C=O) groups excluding carboxylic acids is 1. The van der Waals surface area contributed by atoms with Gasteiger partial charge in [-0.2, -0.15) is 0 Å². The summed E-state index contributed by atoms with van der Waals surface area (Å²) >= 11 is 1.15. The molecular formula is C14H22N2O3S. The van der Waals surface area contributed by atoms with Gasteiger partial charge in [0.15, 0.2) is 0 Å². The molecule has 1 heterocycles. The highest BCUT2D eigenvalue weighted by Gasteiger charge is 2.23. The van der Waals surface area contributed by atoms with Gasteiger partial charge in [-0.3, -0.25) is 9.59 Å². The molecule has 0 bridgehead atoms. The third kappa shape index (κ3) is 3.93. The molecule has 20 heavy (non-hydrogen) atoms. The lowest BCUT2D eigenvalue weighted by Crippen LogP contribution is -2.36. The van der Waals surface area contributed by atoms with E-state index in [1.807, 2.05) is 6.92 Å². The van der Waals surface area contributed by atoms with Gasteiger partial charge in [-0.15, -0.1) is 0 Å². The molecular weight excluding hydrogens is 276 g/mol. The minimum absolute atomic E-state index is 0.0266. The lowest BCUT2D eigenvalue weighted by molar-refractivity contribution is -0.121. The number of nitrogens with zero attached hydrogens (tertiary/aromatic N) is 1. The number of aromatic nitrogens is 1. The standard InChI is InChI=1S/C14H22N2O3S/c1-10-9-20-14(19)16(10)7-6-13(18)15-8-12(17)11-4-2-3-5-11/h9,11-12,17H,2-8H2,1H3,(H,15,18). The number of thiazole rings is 1. The van der Waals surface area contributed by atoms with Crippen LogP contribution in [0.5, 0.6) is 0 Å². The Kier molecular flexibility index (Phi) is 5.37. The average Bonchev–Trinajstić information content (AvgIpc) is 3.05.